The smallest absolute Gasteiger partial charge is 0.264 e. The molecule has 2 aromatic rings. The summed E-state index contributed by atoms with van der Waals surface area (Å²) >= 11 is 6.84. The second kappa shape index (κ2) is 9.11. The maximum absolute atomic E-state index is 13.7. The van der Waals surface area contributed by atoms with Gasteiger partial charge < -0.3 is 20.3 Å². The number of nitrogens with two attached hydrogens (primary N) is 1. The van der Waals surface area contributed by atoms with Crippen LogP contribution in [0, 0.1) is 11.3 Å². The summed E-state index contributed by atoms with van der Waals surface area (Å²) < 4.78 is 7.14. The van der Waals surface area contributed by atoms with Crippen LogP contribution in [0.5, 0.6) is 0 Å². The van der Waals surface area contributed by atoms with Crippen molar-refractivity contribution in [2.24, 2.45) is 29.1 Å². The average Bonchev–Trinajstić information content (AvgIpc) is 3.44. The summed E-state index contributed by atoms with van der Waals surface area (Å²) in [5.74, 6) is 2.01. The Kier molecular flexibility index (Phi) is 6.05. The molecule has 1 aliphatic carbocycles. The summed E-state index contributed by atoms with van der Waals surface area (Å²) in [5, 5.41) is 0.514. The number of fused-ring (bicyclic) bond motifs is 1. The first-order valence-electron chi connectivity index (χ1n) is 13.0. The van der Waals surface area contributed by atoms with Gasteiger partial charge in [0.05, 0.1) is 41.8 Å². The lowest BCUT2D eigenvalue weighted by atomic mass is 9.73. The van der Waals surface area contributed by atoms with E-state index in [4.69, 9.17) is 32.0 Å². The van der Waals surface area contributed by atoms with Crippen LogP contribution in [-0.4, -0.2) is 65.7 Å². The fourth-order valence-electron chi connectivity index (χ4n) is 6.53. The normalized spacial score (nSPS) is 25.4. The number of halogens is 1. The number of hydrogen-bond acceptors (Lipinski definition) is 8. The molecule has 0 aromatic carbocycles. The number of pyridine rings is 1. The minimum absolute atomic E-state index is 0.0847. The molecule has 0 unspecified atom stereocenters. The molecular formula is C26H34ClN7O2. The van der Waals surface area contributed by atoms with Gasteiger partial charge in [0.15, 0.2) is 0 Å². The van der Waals surface area contributed by atoms with E-state index in [1.54, 1.807) is 10.8 Å². The molecule has 2 aromatic heterocycles. The van der Waals surface area contributed by atoms with E-state index in [-0.39, 0.29) is 17.0 Å². The number of aromatic nitrogens is 3. The monoisotopic (exact) mass is 511 g/mol. The van der Waals surface area contributed by atoms with Gasteiger partial charge in [-0.05, 0) is 43.1 Å². The molecule has 9 nitrogen and oxygen atoms in total. The van der Waals surface area contributed by atoms with E-state index in [0.29, 0.717) is 47.8 Å². The van der Waals surface area contributed by atoms with E-state index < -0.39 is 0 Å². The molecule has 0 amide bonds. The van der Waals surface area contributed by atoms with E-state index in [9.17, 15) is 4.79 Å². The van der Waals surface area contributed by atoms with Gasteiger partial charge >= 0.3 is 0 Å². The lowest BCUT2D eigenvalue weighted by molar-refractivity contribution is 0.122. The van der Waals surface area contributed by atoms with Gasteiger partial charge in [-0.25, -0.2) is 9.97 Å². The Bertz CT molecular complexity index is 1260. The molecule has 3 aliphatic heterocycles. The van der Waals surface area contributed by atoms with Crippen molar-refractivity contribution in [2.45, 2.75) is 45.2 Å². The van der Waals surface area contributed by atoms with E-state index in [0.717, 1.165) is 56.2 Å². The Morgan fingerprint density at radius 2 is 1.89 bits per heavy atom. The zero-order valence-corrected chi connectivity index (χ0v) is 21.8. The highest BCUT2D eigenvalue weighted by Crippen LogP contribution is 2.48. The summed E-state index contributed by atoms with van der Waals surface area (Å²) in [4.78, 5) is 32.2. The SMILES string of the molecule is C[C@@H]1CCC2(CCN(c3nc4c(c(=O)n3C)C(c3ccnc(N5CCOCC5)c3Cl)=NC4)CC2)[C@@H]1N. The predicted molar refractivity (Wildman–Crippen MR) is 141 cm³/mol. The molecule has 0 bridgehead atoms. The minimum Gasteiger partial charge on any atom is -0.378 e. The number of anilines is 2. The minimum atomic E-state index is -0.0847. The molecule has 0 radical (unpaired) electrons. The zero-order valence-electron chi connectivity index (χ0n) is 21.0. The Labute approximate surface area is 216 Å². The second-order valence-electron chi connectivity index (χ2n) is 10.7. The van der Waals surface area contributed by atoms with Crippen LogP contribution in [0.15, 0.2) is 22.1 Å². The van der Waals surface area contributed by atoms with Crippen molar-refractivity contribution in [3.05, 3.63) is 44.5 Å². The van der Waals surface area contributed by atoms with E-state index in [2.05, 4.69) is 21.7 Å². The van der Waals surface area contributed by atoms with Crippen LogP contribution in [0.2, 0.25) is 5.02 Å². The van der Waals surface area contributed by atoms with Gasteiger partial charge in [-0.1, -0.05) is 18.5 Å². The van der Waals surface area contributed by atoms with Crippen molar-refractivity contribution >= 4 is 29.1 Å². The lowest BCUT2D eigenvalue weighted by Gasteiger charge is -2.43. The third kappa shape index (κ3) is 3.74. The van der Waals surface area contributed by atoms with Gasteiger partial charge in [0.2, 0.25) is 5.95 Å². The van der Waals surface area contributed by atoms with Crippen LogP contribution in [0.25, 0.3) is 0 Å². The van der Waals surface area contributed by atoms with Crippen LogP contribution in [-0.2, 0) is 18.3 Å². The summed E-state index contributed by atoms with van der Waals surface area (Å²) in [6.45, 7) is 7.12. The number of ether oxygens (including phenoxy) is 1. The number of nitrogens with zero attached hydrogens (tertiary/aromatic N) is 6. The zero-order chi connectivity index (χ0) is 25.0. The van der Waals surface area contributed by atoms with E-state index >= 15 is 0 Å². The van der Waals surface area contributed by atoms with E-state index in [1.165, 1.54) is 12.8 Å². The predicted octanol–water partition coefficient (Wildman–Crippen LogP) is 2.36. The average molecular weight is 512 g/mol. The van der Waals surface area contributed by atoms with Crippen LogP contribution in [0.4, 0.5) is 11.8 Å². The van der Waals surface area contributed by atoms with Crippen molar-refractivity contribution in [3.8, 4) is 0 Å². The van der Waals surface area contributed by atoms with Crippen LogP contribution in [0.1, 0.15) is 49.4 Å². The maximum atomic E-state index is 13.7. The molecule has 6 rings (SSSR count). The van der Waals surface area contributed by atoms with Crippen molar-refractivity contribution < 1.29 is 4.74 Å². The van der Waals surface area contributed by atoms with Crippen LogP contribution >= 0.6 is 11.6 Å². The lowest BCUT2D eigenvalue weighted by Crippen LogP contribution is -2.49. The molecule has 4 aliphatic rings. The molecule has 5 heterocycles. The van der Waals surface area contributed by atoms with Crippen molar-refractivity contribution in [2.75, 3.05) is 49.2 Å². The Balaban J connectivity index is 1.28. The molecule has 10 heteroatoms. The first-order valence-corrected chi connectivity index (χ1v) is 13.4. The number of rotatable bonds is 3. The molecule has 1 spiro atoms. The Hall–Kier alpha value is -2.49. The van der Waals surface area contributed by atoms with Crippen molar-refractivity contribution in [1.29, 1.82) is 0 Å². The molecule has 1 saturated carbocycles. The number of hydrogen-bond donors (Lipinski definition) is 1. The maximum Gasteiger partial charge on any atom is 0.264 e. The first-order chi connectivity index (χ1) is 17.4. The summed E-state index contributed by atoms with van der Waals surface area (Å²) in [6, 6.07) is 2.10. The molecule has 192 valence electrons. The number of aliphatic imine (C=N–C) groups is 1. The highest BCUT2D eigenvalue weighted by Gasteiger charge is 2.46. The van der Waals surface area contributed by atoms with Gasteiger partial charge in [0.25, 0.3) is 5.56 Å². The molecule has 3 fully saturated rings. The Morgan fingerprint density at radius 3 is 2.58 bits per heavy atom. The summed E-state index contributed by atoms with van der Waals surface area (Å²) in [7, 11) is 1.81. The quantitative estimate of drug-likeness (QED) is 0.674. The van der Waals surface area contributed by atoms with Gasteiger partial charge in [-0.15, -0.1) is 0 Å². The summed E-state index contributed by atoms with van der Waals surface area (Å²) in [6.07, 6.45) is 6.24. The topological polar surface area (TPSA) is 102 Å². The summed E-state index contributed by atoms with van der Waals surface area (Å²) in [5.41, 5.74) is 9.35. The first kappa shape index (κ1) is 23.9. The molecule has 2 N–H and O–H groups in total. The van der Waals surface area contributed by atoms with Crippen molar-refractivity contribution in [3.63, 3.8) is 0 Å². The molecule has 36 heavy (non-hydrogen) atoms. The standard InChI is InChI=1S/C26H34ClN7O2/c1-16-3-5-26(22(16)28)6-9-34(10-7-26)25-31-18-15-30-21(19(18)24(35)32(25)2)17-4-8-29-23(20(17)27)33-11-13-36-14-12-33/h4,8,16,22H,3,5-7,9-15,28H2,1-2H3/t16-,22-/m1/s1. The van der Waals surface area contributed by atoms with Crippen LogP contribution in [0.3, 0.4) is 0 Å². The van der Waals surface area contributed by atoms with Gasteiger partial charge in [-0.3, -0.25) is 14.4 Å². The fraction of sp³-hybridized carbons (Fsp3) is 0.615. The molecule has 2 saturated heterocycles. The third-order valence-corrected chi connectivity index (χ3v) is 9.23. The van der Waals surface area contributed by atoms with Crippen molar-refractivity contribution in [1.82, 2.24) is 14.5 Å². The van der Waals surface area contributed by atoms with Gasteiger partial charge in [-0.2, -0.15) is 0 Å². The highest BCUT2D eigenvalue weighted by atomic mass is 35.5. The fourth-order valence-corrected chi connectivity index (χ4v) is 6.85. The van der Waals surface area contributed by atoms with E-state index in [1.807, 2.05) is 13.1 Å². The highest BCUT2D eigenvalue weighted by molar-refractivity contribution is 6.37. The number of morpholine rings is 1. The largest absolute Gasteiger partial charge is 0.378 e. The van der Waals surface area contributed by atoms with Gasteiger partial charge in [0, 0.05) is 51.0 Å². The van der Waals surface area contributed by atoms with Gasteiger partial charge in [0.1, 0.15) is 5.82 Å². The number of piperidine rings is 1. The second-order valence-corrected chi connectivity index (χ2v) is 11.1. The third-order valence-electron chi connectivity index (χ3n) is 8.86. The molecule has 2 atom stereocenters. The Morgan fingerprint density at radius 1 is 1.14 bits per heavy atom. The molecular weight excluding hydrogens is 478 g/mol. The van der Waals surface area contributed by atoms with Crippen LogP contribution < -0.4 is 21.1 Å².